The lowest BCUT2D eigenvalue weighted by Crippen LogP contribution is -2.53. The Labute approximate surface area is 107 Å². The minimum Gasteiger partial charge on any atom is -0.481 e. The van der Waals surface area contributed by atoms with Gasteiger partial charge in [0.25, 0.3) is 0 Å². The van der Waals surface area contributed by atoms with Gasteiger partial charge in [0.15, 0.2) is 0 Å². The summed E-state index contributed by atoms with van der Waals surface area (Å²) in [5, 5.41) is 8.72. The maximum Gasteiger partial charge on any atom is 0.306 e. The Morgan fingerprint density at radius 1 is 1.56 bits per heavy atom. The van der Waals surface area contributed by atoms with Crippen LogP contribution in [0.1, 0.15) is 26.7 Å². The van der Waals surface area contributed by atoms with Gasteiger partial charge in [-0.05, 0) is 5.92 Å². The molecule has 6 heteroatoms. The number of carboxylic acid groups (broad SMARTS) is 1. The molecule has 0 aromatic carbocycles. The van der Waals surface area contributed by atoms with E-state index in [4.69, 9.17) is 15.6 Å². The zero-order valence-electron chi connectivity index (χ0n) is 11.0. The molecule has 18 heavy (non-hydrogen) atoms. The maximum atomic E-state index is 12.1. The molecule has 1 saturated heterocycles. The van der Waals surface area contributed by atoms with E-state index in [1.54, 1.807) is 4.90 Å². The van der Waals surface area contributed by atoms with Crippen molar-refractivity contribution < 1.29 is 19.4 Å². The molecule has 1 aliphatic rings. The van der Waals surface area contributed by atoms with Crippen LogP contribution in [0.4, 0.5) is 0 Å². The number of aliphatic carboxylic acids is 1. The zero-order chi connectivity index (χ0) is 13.7. The van der Waals surface area contributed by atoms with E-state index in [0.717, 1.165) is 6.42 Å². The number of morpholine rings is 1. The predicted octanol–water partition coefficient (Wildman–Crippen LogP) is 0.0619. The number of hydrogen-bond acceptors (Lipinski definition) is 4. The van der Waals surface area contributed by atoms with Gasteiger partial charge in [-0.15, -0.1) is 0 Å². The highest BCUT2D eigenvalue weighted by Gasteiger charge is 2.30. The highest BCUT2D eigenvalue weighted by atomic mass is 16.5. The number of rotatable bonds is 5. The lowest BCUT2D eigenvalue weighted by molar-refractivity contribution is -0.148. The van der Waals surface area contributed by atoms with Crippen LogP contribution in [0.25, 0.3) is 0 Å². The lowest BCUT2D eigenvalue weighted by atomic mass is 9.98. The van der Waals surface area contributed by atoms with Gasteiger partial charge in [0.1, 0.15) is 0 Å². The molecule has 0 spiro atoms. The van der Waals surface area contributed by atoms with E-state index in [9.17, 15) is 9.59 Å². The molecule has 0 aromatic heterocycles. The van der Waals surface area contributed by atoms with Gasteiger partial charge in [-0.3, -0.25) is 9.59 Å². The summed E-state index contributed by atoms with van der Waals surface area (Å²) in [6.45, 7) is 5.10. The summed E-state index contributed by atoms with van der Waals surface area (Å²) in [6.07, 6.45) is 0.336. The number of nitrogens with zero attached hydrogens (tertiary/aromatic N) is 1. The van der Waals surface area contributed by atoms with Crippen molar-refractivity contribution in [3.05, 3.63) is 0 Å². The fourth-order valence-electron chi connectivity index (χ4n) is 1.95. The fraction of sp³-hybridized carbons (Fsp3) is 0.833. The smallest absolute Gasteiger partial charge is 0.306 e. The van der Waals surface area contributed by atoms with Crippen molar-refractivity contribution in [1.82, 2.24) is 4.90 Å². The van der Waals surface area contributed by atoms with Crippen molar-refractivity contribution in [2.24, 2.45) is 11.7 Å². The highest BCUT2D eigenvalue weighted by molar-refractivity contribution is 5.82. The average molecular weight is 258 g/mol. The minimum atomic E-state index is -0.916. The zero-order valence-corrected chi connectivity index (χ0v) is 11.0. The first-order valence-electron chi connectivity index (χ1n) is 6.33. The summed E-state index contributed by atoms with van der Waals surface area (Å²) in [4.78, 5) is 24.4. The molecule has 1 unspecified atom stereocenters. The van der Waals surface area contributed by atoms with Gasteiger partial charge in [-0.1, -0.05) is 20.3 Å². The van der Waals surface area contributed by atoms with Crippen molar-refractivity contribution >= 4 is 11.9 Å². The Kier molecular flexibility index (Phi) is 5.55. The summed E-state index contributed by atoms with van der Waals surface area (Å²) < 4.78 is 5.32. The number of amides is 1. The van der Waals surface area contributed by atoms with E-state index < -0.39 is 18.1 Å². The molecule has 1 aliphatic heterocycles. The molecule has 3 N–H and O–H groups in total. The molecule has 104 valence electrons. The third kappa shape index (κ3) is 3.96. The van der Waals surface area contributed by atoms with Crippen LogP contribution in [0, 0.1) is 5.92 Å². The van der Waals surface area contributed by atoms with Crippen molar-refractivity contribution in [2.45, 2.75) is 38.8 Å². The van der Waals surface area contributed by atoms with E-state index in [-0.39, 0.29) is 18.2 Å². The van der Waals surface area contributed by atoms with Crippen molar-refractivity contribution in [2.75, 3.05) is 19.7 Å². The number of ether oxygens (including phenoxy) is 1. The first-order valence-corrected chi connectivity index (χ1v) is 6.33. The molecule has 1 amide bonds. The van der Waals surface area contributed by atoms with Crippen LogP contribution in [0.2, 0.25) is 0 Å². The lowest BCUT2D eigenvalue weighted by Gasteiger charge is -2.34. The SMILES string of the molecule is CC[C@H](C)[C@H](N)C(=O)N1CCOC(CC(=O)O)C1. The highest BCUT2D eigenvalue weighted by Crippen LogP contribution is 2.13. The van der Waals surface area contributed by atoms with E-state index >= 15 is 0 Å². The Morgan fingerprint density at radius 2 is 2.22 bits per heavy atom. The summed E-state index contributed by atoms with van der Waals surface area (Å²) in [7, 11) is 0. The van der Waals surface area contributed by atoms with E-state index in [1.807, 2.05) is 13.8 Å². The quantitative estimate of drug-likeness (QED) is 0.727. The molecule has 6 nitrogen and oxygen atoms in total. The van der Waals surface area contributed by atoms with Crippen molar-refractivity contribution in [3.8, 4) is 0 Å². The molecule has 1 heterocycles. The number of carbonyl (C=O) groups excluding carboxylic acids is 1. The second-order valence-corrected chi connectivity index (χ2v) is 4.79. The van der Waals surface area contributed by atoms with Crippen LogP contribution >= 0.6 is 0 Å². The summed E-state index contributed by atoms with van der Waals surface area (Å²) in [5.41, 5.74) is 5.90. The van der Waals surface area contributed by atoms with Crippen LogP contribution in [0.3, 0.4) is 0 Å². The third-order valence-corrected chi connectivity index (χ3v) is 3.39. The topological polar surface area (TPSA) is 92.9 Å². The Balaban J connectivity index is 2.55. The van der Waals surface area contributed by atoms with Crippen molar-refractivity contribution in [1.29, 1.82) is 0 Å². The first kappa shape index (κ1) is 14.9. The molecular weight excluding hydrogens is 236 g/mol. The van der Waals surface area contributed by atoms with Gasteiger partial charge in [0.05, 0.1) is 25.2 Å². The van der Waals surface area contributed by atoms with Gasteiger partial charge in [-0.25, -0.2) is 0 Å². The van der Waals surface area contributed by atoms with Crippen LogP contribution in [0.15, 0.2) is 0 Å². The molecule has 0 saturated carbocycles. The van der Waals surface area contributed by atoms with E-state index in [0.29, 0.717) is 19.7 Å². The van der Waals surface area contributed by atoms with Gasteiger partial charge in [-0.2, -0.15) is 0 Å². The minimum absolute atomic E-state index is 0.0810. The Hall–Kier alpha value is -1.14. The maximum absolute atomic E-state index is 12.1. The number of nitrogens with two attached hydrogens (primary N) is 1. The van der Waals surface area contributed by atoms with Crippen LogP contribution in [-0.2, 0) is 14.3 Å². The number of carboxylic acids is 1. The Bertz CT molecular complexity index is 308. The Morgan fingerprint density at radius 3 is 2.78 bits per heavy atom. The molecule has 3 atom stereocenters. The third-order valence-electron chi connectivity index (χ3n) is 3.39. The van der Waals surface area contributed by atoms with E-state index in [2.05, 4.69) is 0 Å². The molecule has 1 fully saturated rings. The van der Waals surface area contributed by atoms with Crippen LogP contribution in [0.5, 0.6) is 0 Å². The average Bonchev–Trinajstić information content (AvgIpc) is 2.35. The molecule has 0 aromatic rings. The largest absolute Gasteiger partial charge is 0.481 e. The molecule has 0 aliphatic carbocycles. The second kappa shape index (κ2) is 6.70. The fourth-order valence-corrected chi connectivity index (χ4v) is 1.95. The number of hydrogen-bond donors (Lipinski definition) is 2. The van der Waals surface area contributed by atoms with Gasteiger partial charge in [0, 0.05) is 13.1 Å². The molecule has 0 radical (unpaired) electrons. The van der Waals surface area contributed by atoms with Crippen LogP contribution in [-0.4, -0.2) is 53.7 Å². The standard InChI is InChI=1S/C12H22N2O4/c1-3-8(2)11(13)12(17)14-4-5-18-9(7-14)6-10(15)16/h8-9,11H,3-7,13H2,1-2H3,(H,15,16)/t8-,9?,11-/m0/s1. The summed E-state index contributed by atoms with van der Waals surface area (Å²) in [6, 6.07) is -0.515. The predicted molar refractivity (Wildman–Crippen MR) is 66.0 cm³/mol. The van der Waals surface area contributed by atoms with Gasteiger partial charge < -0.3 is 20.5 Å². The second-order valence-electron chi connectivity index (χ2n) is 4.79. The van der Waals surface area contributed by atoms with Crippen LogP contribution < -0.4 is 5.73 Å². The molecular formula is C12H22N2O4. The van der Waals surface area contributed by atoms with Crippen molar-refractivity contribution in [3.63, 3.8) is 0 Å². The van der Waals surface area contributed by atoms with Gasteiger partial charge in [0.2, 0.25) is 5.91 Å². The summed E-state index contributed by atoms with van der Waals surface area (Å²) in [5.74, 6) is -0.901. The van der Waals surface area contributed by atoms with Gasteiger partial charge >= 0.3 is 5.97 Å². The van der Waals surface area contributed by atoms with E-state index in [1.165, 1.54) is 0 Å². The normalized spacial score (nSPS) is 23.5. The molecule has 1 rings (SSSR count). The summed E-state index contributed by atoms with van der Waals surface area (Å²) >= 11 is 0. The first-order chi connectivity index (χ1) is 8.45. The number of carbonyl (C=O) groups is 2. The monoisotopic (exact) mass is 258 g/mol. The molecule has 0 bridgehead atoms.